The normalized spacial score (nSPS) is 24.6. The van der Waals surface area contributed by atoms with Crippen molar-refractivity contribution in [3.63, 3.8) is 0 Å². The Labute approximate surface area is 94.7 Å². The van der Waals surface area contributed by atoms with Gasteiger partial charge >= 0.3 is 18.0 Å². The van der Waals surface area contributed by atoms with E-state index in [0.29, 0.717) is 4.90 Å². The molecule has 0 saturated carbocycles. The van der Waals surface area contributed by atoms with E-state index < -0.39 is 42.1 Å². The first-order chi connectivity index (χ1) is 7.70. The minimum Gasteiger partial charge on any atom is -0.481 e. The standard InChI is InChI=1S/C8H10N2O7/c1-8(6(14)15)10(7(16)17-8)5(13)3(9)2-4(11)12/h3H,2,9H2,1H3,(H,11,12)(H,14,15)/t3-,8-/m0/s1. The van der Waals surface area contributed by atoms with Crippen LogP contribution in [0.3, 0.4) is 0 Å². The van der Waals surface area contributed by atoms with Crippen molar-refractivity contribution in [1.82, 2.24) is 4.90 Å². The van der Waals surface area contributed by atoms with Crippen molar-refractivity contribution in [3.8, 4) is 0 Å². The van der Waals surface area contributed by atoms with Gasteiger partial charge < -0.3 is 20.7 Å². The number of amides is 2. The minimum absolute atomic E-state index is 0.295. The summed E-state index contributed by atoms with van der Waals surface area (Å²) in [6, 6.07) is -1.50. The molecule has 1 aliphatic heterocycles. The number of nitrogens with zero attached hydrogens (tertiary/aromatic N) is 1. The zero-order chi connectivity index (χ0) is 13.4. The van der Waals surface area contributed by atoms with Gasteiger partial charge in [-0.3, -0.25) is 9.59 Å². The van der Waals surface area contributed by atoms with Crippen molar-refractivity contribution < 1.29 is 34.1 Å². The van der Waals surface area contributed by atoms with Crippen LogP contribution in [-0.4, -0.2) is 50.8 Å². The molecule has 2 atom stereocenters. The van der Waals surface area contributed by atoms with Crippen LogP contribution in [0.5, 0.6) is 0 Å². The Bertz CT molecular complexity index is 407. The van der Waals surface area contributed by atoms with Crippen molar-refractivity contribution in [2.24, 2.45) is 5.73 Å². The summed E-state index contributed by atoms with van der Waals surface area (Å²) in [6.07, 6.45) is -1.88. The molecule has 4 N–H and O–H groups in total. The first kappa shape index (κ1) is 12.9. The van der Waals surface area contributed by atoms with Crippen LogP contribution in [-0.2, 0) is 19.1 Å². The molecule has 1 rings (SSSR count). The van der Waals surface area contributed by atoms with Gasteiger partial charge in [-0.15, -0.1) is 0 Å². The number of aliphatic carboxylic acids is 2. The highest BCUT2D eigenvalue weighted by Crippen LogP contribution is 2.30. The highest BCUT2D eigenvalue weighted by atomic mass is 16.7. The molecule has 0 unspecified atom stereocenters. The summed E-state index contributed by atoms with van der Waals surface area (Å²) in [5.74, 6) is -3.99. The molecular weight excluding hydrogens is 236 g/mol. The molecule has 2 amide bonds. The van der Waals surface area contributed by atoms with Crippen molar-refractivity contribution in [2.75, 3.05) is 0 Å². The molecule has 0 aliphatic carbocycles. The number of carbonyl (C=O) groups excluding carboxylic acids is 2. The topological polar surface area (TPSA) is 147 Å². The van der Waals surface area contributed by atoms with Crippen molar-refractivity contribution in [1.29, 1.82) is 0 Å². The fraction of sp³-hybridized carbons (Fsp3) is 0.500. The number of carboxylic acids is 2. The lowest BCUT2D eigenvalue weighted by Gasteiger charge is -2.44. The van der Waals surface area contributed by atoms with Crippen LogP contribution >= 0.6 is 0 Å². The molecule has 9 heteroatoms. The van der Waals surface area contributed by atoms with Crippen LogP contribution < -0.4 is 5.73 Å². The number of carbonyl (C=O) groups is 4. The Balaban J connectivity index is 2.84. The summed E-state index contributed by atoms with van der Waals surface area (Å²) in [7, 11) is 0. The van der Waals surface area contributed by atoms with Crippen LogP contribution in [0, 0.1) is 0 Å². The lowest BCUT2D eigenvalue weighted by atomic mass is 10.1. The highest BCUT2D eigenvalue weighted by molar-refractivity contribution is 6.05. The summed E-state index contributed by atoms with van der Waals surface area (Å²) >= 11 is 0. The van der Waals surface area contributed by atoms with Gasteiger partial charge in [-0.1, -0.05) is 0 Å². The van der Waals surface area contributed by atoms with Crippen LogP contribution in [0.25, 0.3) is 0 Å². The molecule has 1 heterocycles. The number of nitrogens with two attached hydrogens (primary N) is 1. The third-order valence-corrected chi connectivity index (χ3v) is 2.22. The van der Waals surface area contributed by atoms with E-state index in [0.717, 1.165) is 6.92 Å². The van der Waals surface area contributed by atoms with E-state index in [1.165, 1.54) is 0 Å². The Morgan fingerprint density at radius 3 is 2.35 bits per heavy atom. The molecule has 1 saturated heterocycles. The van der Waals surface area contributed by atoms with Crippen molar-refractivity contribution in [3.05, 3.63) is 0 Å². The largest absolute Gasteiger partial charge is 0.481 e. The molecule has 0 aromatic heterocycles. The molecule has 0 aromatic rings. The van der Waals surface area contributed by atoms with E-state index >= 15 is 0 Å². The van der Waals surface area contributed by atoms with E-state index in [9.17, 15) is 19.2 Å². The Morgan fingerprint density at radius 2 is 2.00 bits per heavy atom. The molecule has 17 heavy (non-hydrogen) atoms. The molecule has 0 spiro atoms. The first-order valence-electron chi connectivity index (χ1n) is 4.48. The number of imide groups is 1. The molecule has 0 aromatic carbocycles. The van der Waals surface area contributed by atoms with Crippen LogP contribution in [0.1, 0.15) is 13.3 Å². The van der Waals surface area contributed by atoms with Gasteiger partial charge in [0.15, 0.2) is 0 Å². The molecule has 0 radical (unpaired) electrons. The van der Waals surface area contributed by atoms with Gasteiger partial charge in [0.25, 0.3) is 11.6 Å². The average molecular weight is 246 g/mol. The second-order valence-electron chi connectivity index (χ2n) is 3.53. The Hall–Kier alpha value is -2.16. The third-order valence-electron chi connectivity index (χ3n) is 2.22. The predicted molar refractivity (Wildman–Crippen MR) is 49.6 cm³/mol. The molecular formula is C8H10N2O7. The van der Waals surface area contributed by atoms with E-state index in [4.69, 9.17) is 15.9 Å². The maximum absolute atomic E-state index is 11.6. The fourth-order valence-electron chi connectivity index (χ4n) is 1.28. The monoisotopic (exact) mass is 246 g/mol. The molecule has 9 nitrogen and oxygen atoms in total. The van der Waals surface area contributed by atoms with E-state index in [-0.39, 0.29) is 0 Å². The van der Waals surface area contributed by atoms with Gasteiger partial charge in [0, 0.05) is 6.92 Å². The zero-order valence-electron chi connectivity index (χ0n) is 8.74. The number of ether oxygens (including phenoxy) is 1. The molecule has 0 bridgehead atoms. The smallest absolute Gasteiger partial charge is 0.422 e. The maximum Gasteiger partial charge on any atom is 0.422 e. The number of cyclic esters (lactones) is 1. The SMILES string of the molecule is C[C@@]1(C(=O)O)OC(=O)N1C(=O)[C@@H](N)CC(=O)O. The number of hydrogen-bond donors (Lipinski definition) is 3. The lowest BCUT2D eigenvalue weighted by molar-refractivity contribution is -0.209. The number of carboxylic acid groups (broad SMARTS) is 2. The van der Waals surface area contributed by atoms with Gasteiger partial charge in [0.1, 0.15) is 0 Å². The Morgan fingerprint density at radius 1 is 1.47 bits per heavy atom. The second kappa shape index (κ2) is 4.01. The molecule has 1 fully saturated rings. The fourth-order valence-corrected chi connectivity index (χ4v) is 1.28. The second-order valence-corrected chi connectivity index (χ2v) is 3.53. The summed E-state index contributed by atoms with van der Waals surface area (Å²) in [6.45, 7) is 0.988. The molecule has 1 aliphatic rings. The van der Waals surface area contributed by atoms with Gasteiger partial charge in [-0.2, -0.15) is 4.90 Å². The summed E-state index contributed by atoms with van der Waals surface area (Å²) in [5.41, 5.74) is 3.12. The van der Waals surface area contributed by atoms with Gasteiger partial charge in [0.2, 0.25) is 0 Å². The summed E-state index contributed by atoms with van der Waals surface area (Å²) < 4.78 is 4.34. The van der Waals surface area contributed by atoms with Gasteiger partial charge in [-0.25, -0.2) is 9.59 Å². The van der Waals surface area contributed by atoms with Gasteiger partial charge in [0.05, 0.1) is 12.5 Å². The number of rotatable bonds is 4. The minimum atomic E-state index is -2.12. The average Bonchev–Trinajstić information content (AvgIpc) is 2.15. The van der Waals surface area contributed by atoms with Crippen LogP contribution in [0.4, 0.5) is 4.79 Å². The van der Waals surface area contributed by atoms with Gasteiger partial charge in [-0.05, 0) is 0 Å². The Kier molecular flexibility index (Phi) is 3.05. The summed E-state index contributed by atoms with van der Waals surface area (Å²) in [4.78, 5) is 44.0. The van der Waals surface area contributed by atoms with E-state index in [1.54, 1.807) is 0 Å². The lowest BCUT2D eigenvalue weighted by Crippen LogP contribution is -2.71. The summed E-state index contributed by atoms with van der Waals surface area (Å²) in [5, 5.41) is 17.2. The van der Waals surface area contributed by atoms with E-state index in [2.05, 4.69) is 4.74 Å². The van der Waals surface area contributed by atoms with E-state index in [1.807, 2.05) is 0 Å². The first-order valence-corrected chi connectivity index (χ1v) is 4.48. The predicted octanol–water partition coefficient (Wildman–Crippen LogP) is -1.43. The maximum atomic E-state index is 11.6. The molecule has 94 valence electrons. The number of hydrogen-bond acceptors (Lipinski definition) is 6. The third kappa shape index (κ3) is 2.04. The quantitative estimate of drug-likeness (QED) is 0.546. The van der Waals surface area contributed by atoms with Crippen molar-refractivity contribution in [2.45, 2.75) is 25.1 Å². The zero-order valence-corrected chi connectivity index (χ0v) is 8.74. The van der Waals surface area contributed by atoms with Crippen LogP contribution in [0.2, 0.25) is 0 Å². The highest BCUT2D eigenvalue weighted by Gasteiger charge is 2.60. The van der Waals surface area contributed by atoms with Crippen LogP contribution in [0.15, 0.2) is 0 Å². The van der Waals surface area contributed by atoms with Crippen molar-refractivity contribution >= 4 is 23.9 Å².